The molecule has 124 valence electrons. The summed E-state index contributed by atoms with van der Waals surface area (Å²) in [6.45, 7) is 12.2. The van der Waals surface area contributed by atoms with Crippen molar-refractivity contribution in [2.24, 2.45) is 11.8 Å². The van der Waals surface area contributed by atoms with E-state index < -0.39 is 0 Å². The predicted molar refractivity (Wildman–Crippen MR) is 92.7 cm³/mol. The number of nitrogens with zero attached hydrogens (tertiary/aromatic N) is 1. The highest BCUT2D eigenvalue weighted by Gasteiger charge is 2.36. The molecule has 5 unspecified atom stereocenters. The van der Waals surface area contributed by atoms with Crippen molar-refractivity contribution in [3.8, 4) is 0 Å². The second-order valence-electron chi connectivity index (χ2n) is 7.88. The fraction of sp³-hybridized carbons (Fsp3) is 1.00. The monoisotopic (exact) mass is 294 g/mol. The Kier molecular flexibility index (Phi) is 7.01. The van der Waals surface area contributed by atoms with Crippen molar-refractivity contribution >= 4 is 0 Å². The molecule has 5 atom stereocenters. The fourth-order valence-electron chi connectivity index (χ4n) is 4.63. The summed E-state index contributed by atoms with van der Waals surface area (Å²) in [6.07, 6.45) is 11.2. The molecule has 0 amide bonds. The molecule has 2 heteroatoms. The van der Waals surface area contributed by atoms with Gasteiger partial charge in [-0.25, -0.2) is 0 Å². The largest absolute Gasteiger partial charge is 0.312 e. The van der Waals surface area contributed by atoms with Gasteiger partial charge in [-0.3, -0.25) is 4.90 Å². The Morgan fingerprint density at radius 1 is 1.00 bits per heavy atom. The van der Waals surface area contributed by atoms with E-state index in [4.69, 9.17) is 0 Å². The molecule has 2 rings (SSSR count). The van der Waals surface area contributed by atoms with E-state index in [2.05, 4.69) is 37.9 Å². The minimum absolute atomic E-state index is 0.727. The number of hydrogen-bond donors (Lipinski definition) is 1. The lowest BCUT2D eigenvalue weighted by atomic mass is 9.82. The van der Waals surface area contributed by atoms with Crippen LogP contribution < -0.4 is 5.32 Å². The van der Waals surface area contributed by atoms with Gasteiger partial charge in [0, 0.05) is 24.7 Å². The molecule has 0 spiro atoms. The first-order valence-electron chi connectivity index (χ1n) is 9.62. The maximum Gasteiger partial charge on any atom is 0.0252 e. The molecule has 2 aliphatic rings. The van der Waals surface area contributed by atoms with Gasteiger partial charge in [0.05, 0.1) is 0 Å². The van der Waals surface area contributed by atoms with Crippen LogP contribution in [0.15, 0.2) is 0 Å². The molecule has 1 saturated heterocycles. The van der Waals surface area contributed by atoms with E-state index in [-0.39, 0.29) is 0 Å². The lowest BCUT2D eigenvalue weighted by Crippen LogP contribution is -2.58. The first kappa shape index (κ1) is 17.3. The molecule has 1 saturated carbocycles. The SMILES string of the molecule is CCCNC1CCCCCCC1N1CC(C)CC(C)C1C. The molecule has 0 bridgehead atoms. The lowest BCUT2D eigenvalue weighted by molar-refractivity contribution is 0.0167. The zero-order valence-corrected chi connectivity index (χ0v) is 14.9. The second-order valence-corrected chi connectivity index (χ2v) is 7.88. The van der Waals surface area contributed by atoms with Crippen molar-refractivity contribution in [1.82, 2.24) is 10.2 Å². The number of nitrogens with one attached hydrogen (secondary N) is 1. The van der Waals surface area contributed by atoms with Crippen LogP contribution in [0.25, 0.3) is 0 Å². The van der Waals surface area contributed by atoms with Crippen LogP contribution in [0.2, 0.25) is 0 Å². The van der Waals surface area contributed by atoms with Crippen LogP contribution >= 0.6 is 0 Å². The fourth-order valence-corrected chi connectivity index (χ4v) is 4.63. The highest BCUT2D eigenvalue weighted by Crippen LogP contribution is 2.32. The van der Waals surface area contributed by atoms with Crippen molar-refractivity contribution < 1.29 is 0 Å². The van der Waals surface area contributed by atoms with Gasteiger partial charge in [-0.15, -0.1) is 0 Å². The molecular formula is C19H38N2. The minimum Gasteiger partial charge on any atom is -0.312 e. The molecule has 0 aromatic carbocycles. The Morgan fingerprint density at radius 3 is 2.43 bits per heavy atom. The minimum atomic E-state index is 0.727. The molecular weight excluding hydrogens is 256 g/mol. The second kappa shape index (κ2) is 8.53. The predicted octanol–water partition coefficient (Wildman–Crippen LogP) is 4.44. The summed E-state index contributed by atoms with van der Waals surface area (Å²) < 4.78 is 0. The average molecular weight is 295 g/mol. The van der Waals surface area contributed by atoms with Crippen LogP contribution in [-0.2, 0) is 0 Å². The summed E-state index contributed by atoms with van der Waals surface area (Å²) in [5, 5.41) is 3.89. The zero-order chi connectivity index (χ0) is 15.2. The van der Waals surface area contributed by atoms with E-state index in [0.29, 0.717) is 0 Å². The summed E-state index contributed by atoms with van der Waals surface area (Å²) in [5.41, 5.74) is 0. The van der Waals surface area contributed by atoms with Gasteiger partial charge in [0.1, 0.15) is 0 Å². The van der Waals surface area contributed by atoms with Gasteiger partial charge in [-0.2, -0.15) is 0 Å². The third kappa shape index (κ3) is 4.69. The highest BCUT2D eigenvalue weighted by atomic mass is 15.2. The van der Waals surface area contributed by atoms with Crippen molar-refractivity contribution in [3.05, 3.63) is 0 Å². The van der Waals surface area contributed by atoms with Crippen LogP contribution in [0.1, 0.15) is 79.1 Å². The van der Waals surface area contributed by atoms with E-state index in [9.17, 15) is 0 Å². The Morgan fingerprint density at radius 2 is 1.71 bits per heavy atom. The topological polar surface area (TPSA) is 15.3 Å². The van der Waals surface area contributed by atoms with Crippen molar-refractivity contribution in [2.75, 3.05) is 13.1 Å². The highest BCUT2D eigenvalue weighted by molar-refractivity contribution is 4.92. The maximum atomic E-state index is 3.89. The summed E-state index contributed by atoms with van der Waals surface area (Å²) in [7, 11) is 0. The molecule has 1 heterocycles. The van der Waals surface area contributed by atoms with Gasteiger partial charge in [0.2, 0.25) is 0 Å². The van der Waals surface area contributed by atoms with Crippen molar-refractivity contribution in [1.29, 1.82) is 0 Å². The van der Waals surface area contributed by atoms with E-state index >= 15 is 0 Å². The third-order valence-corrected chi connectivity index (χ3v) is 5.96. The lowest BCUT2D eigenvalue weighted by Gasteiger charge is -2.48. The van der Waals surface area contributed by atoms with Crippen LogP contribution in [0, 0.1) is 11.8 Å². The van der Waals surface area contributed by atoms with Crippen molar-refractivity contribution in [3.63, 3.8) is 0 Å². The molecule has 0 aromatic heterocycles. The zero-order valence-electron chi connectivity index (χ0n) is 14.9. The van der Waals surface area contributed by atoms with E-state index in [1.54, 1.807) is 0 Å². The molecule has 1 N–H and O–H groups in total. The van der Waals surface area contributed by atoms with Crippen LogP contribution in [0.5, 0.6) is 0 Å². The van der Waals surface area contributed by atoms with Crippen LogP contribution in [0.3, 0.4) is 0 Å². The standard InChI is InChI=1S/C19H38N2/c1-5-12-20-18-10-8-6-7-9-11-19(18)21-14-15(2)13-16(3)17(21)4/h15-20H,5-14H2,1-4H3. The van der Waals surface area contributed by atoms with Gasteiger partial charge < -0.3 is 5.32 Å². The molecule has 2 fully saturated rings. The van der Waals surface area contributed by atoms with Gasteiger partial charge in [-0.05, 0) is 51.0 Å². The summed E-state index contributed by atoms with van der Waals surface area (Å²) >= 11 is 0. The summed E-state index contributed by atoms with van der Waals surface area (Å²) in [6, 6.07) is 2.26. The Hall–Kier alpha value is -0.0800. The van der Waals surface area contributed by atoms with E-state index in [1.807, 2.05) is 0 Å². The number of hydrogen-bond acceptors (Lipinski definition) is 2. The van der Waals surface area contributed by atoms with E-state index in [0.717, 1.165) is 30.0 Å². The third-order valence-electron chi connectivity index (χ3n) is 5.96. The van der Waals surface area contributed by atoms with Gasteiger partial charge >= 0.3 is 0 Å². The summed E-state index contributed by atoms with van der Waals surface area (Å²) in [4.78, 5) is 2.89. The first-order valence-corrected chi connectivity index (χ1v) is 9.62. The van der Waals surface area contributed by atoms with E-state index in [1.165, 1.54) is 64.5 Å². The molecule has 1 aliphatic carbocycles. The Labute approximate surface area is 133 Å². The molecule has 0 radical (unpaired) electrons. The summed E-state index contributed by atoms with van der Waals surface area (Å²) in [5.74, 6) is 1.72. The normalized spacial score (nSPS) is 39.7. The van der Waals surface area contributed by atoms with Crippen LogP contribution in [0.4, 0.5) is 0 Å². The van der Waals surface area contributed by atoms with Gasteiger partial charge in [0.15, 0.2) is 0 Å². The number of rotatable bonds is 4. The molecule has 0 aromatic rings. The number of piperidine rings is 1. The molecule has 1 aliphatic heterocycles. The molecule has 21 heavy (non-hydrogen) atoms. The smallest absolute Gasteiger partial charge is 0.0252 e. The molecule has 2 nitrogen and oxygen atoms in total. The van der Waals surface area contributed by atoms with Crippen molar-refractivity contribution in [2.45, 2.75) is 97.2 Å². The Bertz CT molecular complexity index is 289. The maximum absolute atomic E-state index is 3.89. The quantitative estimate of drug-likeness (QED) is 0.824. The van der Waals surface area contributed by atoms with Crippen LogP contribution in [-0.4, -0.2) is 36.1 Å². The Balaban J connectivity index is 2.08. The first-order chi connectivity index (χ1) is 10.1. The van der Waals surface area contributed by atoms with Gasteiger partial charge in [-0.1, -0.05) is 46.5 Å². The number of likely N-dealkylation sites (tertiary alicyclic amines) is 1. The average Bonchev–Trinajstić information content (AvgIpc) is 2.42. The van der Waals surface area contributed by atoms with Gasteiger partial charge in [0.25, 0.3) is 0 Å².